The van der Waals surface area contributed by atoms with Gasteiger partial charge in [-0.25, -0.2) is 4.99 Å². The van der Waals surface area contributed by atoms with Crippen molar-refractivity contribution in [1.82, 2.24) is 0 Å². The van der Waals surface area contributed by atoms with Crippen molar-refractivity contribution < 1.29 is 0 Å². The molecule has 0 bridgehead atoms. The average molecular weight is 169 g/mol. The van der Waals surface area contributed by atoms with E-state index in [-0.39, 0.29) is 5.71 Å². The van der Waals surface area contributed by atoms with Crippen LogP contribution in [0.25, 0.3) is 0 Å². The number of rotatable bonds is 1. The van der Waals surface area contributed by atoms with E-state index >= 15 is 0 Å². The zero-order valence-electron chi connectivity index (χ0n) is 7.15. The van der Waals surface area contributed by atoms with E-state index < -0.39 is 0 Å². The molecule has 0 amide bonds. The summed E-state index contributed by atoms with van der Waals surface area (Å²) in [6.45, 7) is 1.96. The number of aryl methyl sites for hydroxylation is 1. The Bertz CT molecular complexity index is 385. The Labute approximate surface area is 76.6 Å². The first-order chi connectivity index (χ1) is 6.26. The molecule has 0 aliphatic heterocycles. The summed E-state index contributed by atoms with van der Waals surface area (Å²) in [7, 11) is 0. The number of nitriles is 2. The molecule has 1 rings (SSSR count). The van der Waals surface area contributed by atoms with Crippen LogP contribution in [-0.2, 0) is 0 Å². The number of benzene rings is 1. The van der Waals surface area contributed by atoms with Gasteiger partial charge < -0.3 is 0 Å². The molecular formula is C10H7N3. The Balaban J connectivity index is 3.00. The van der Waals surface area contributed by atoms with Crippen molar-refractivity contribution >= 4 is 11.4 Å². The molecule has 0 fully saturated rings. The van der Waals surface area contributed by atoms with Crippen LogP contribution in [0.15, 0.2) is 29.3 Å². The summed E-state index contributed by atoms with van der Waals surface area (Å²) < 4.78 is 0. The second-order valence-electron chi connectivity index (χ2n) is 2.52. The topological polar surface area (TPSA) is 59.9 Å². The Morgan fingerprint density at radius 1 is 1.15 bits per heavy atom. The van der Waals surface area contributed by atoms with Gasteiger partial charge in [-0.15, -0.1) is 0 Å². The van der Waals surface area contributed by atoms with Crippen LogP contribution in [0.5, 0.6) is 0 Å². The van der Waals surface area contributed by atoms with Gasteiger partial charge in [0, 0.05) is 0 Å². The molecule has 0 atom stereocenters. The summed E-state index contributed by atoms with van der Waals surface area (Å²) in [6.07, 6.45) is 0. The van der Waals surface area contributed by atoms with Gasteiger partial charge in [0.2, 0.25) is 5.71 Å². The van der Waals surface area contributed by atoms with Gasteiger partial charge >= 0.3 is 0 Å². The zero-order valence-corrected chi connectivity index (χ0v) is 7.15. The van der Waals surface area contributed by atoms with E-state index in [9.17, 15) is 0 Å². The number of aliphatic imine (C=N–C) groups is 1. The SMILES string of the molecule is Cc1ccc(N=C(C#N)C#N)cc1. The first kappa shape index (κ1) is 8.96. The Morgan fingerprint density at radius 3 is 2.15 bits per heavy atom. The van der Waals surface area contributed by atoms with Crippen LogP contribution < -0.4 is 0 Å². The maximum atomic E-state index is 8.44. The molecule has 0 radical (unpaired) electrons. The van der Waals surface area contributed by atoms with Gasteiger partial charge in [-0.2, -0.15) is 10.5 Å². The van der Waals surface area contributed by atoms with E-state index in [0.29, 0.717) is 5.69 Å². The quantitative estimate of drug-likeness (QED) is 0.604. The summed E-state index contributed by atoms with van der Waals surface area (Å²) in [6, 6.07) is 10.7. The molecule has 3 nitrogen and oxygen atoms in total. The summed E-state index contributed by atoms with van der Waals surface area (Å²) in [5, 5.41) is 16.9. The number of nitrogens with zero attached hydrogens (tertiary/aromatic N) is 3. The fraction of sp³-hybridized carbons (Fsp3) is 0.100. The third-order valence-electron chi connectivity index (χ3n) is 1.49. The van der Waals surface area contributed by atoms with Gasteiger partial charge in [-0.1, -0.05) is 17.7 Å². The molecule has 1 aromatic carbocycles. The fourth-order valence-electron chi connectivity index (χ4n) is 0.823. The lowest BCUT2D eigenvalue weighted by molar-refractivity contribution is 1.43. The van der Waals surface area contributed by atoms with Crippen molar-refractivity contribution in [2.45, 2.75) is 6.92 Å². The van der Waals surface area contributed by atoms with Crippen LogP contribution >= 0.6 is 0 Å². The molecule has 0 heterocycles. The Kier molecular flexibility index (Phi) is 2.78. The van der Waals surface area contributed by atoms with Gasteiger partial charge in [-0.3, -0.25) is 0 Å². The highest BCUT2D eigenvalue weighted by Gasteiger charge is 1.94. The van der Waals surface area contributed by atoms with E-state index in [1.807, 2.05) is 19.1 Å². The van der Waals surface area contributed by atoms with E-state index in [4.69, 9.17) is 10.5 Å². The molecule has 62 valence electrons. The Hall–Kier alpha value is -2.13. The molecule has 0 aliphatic carbocycles. The molecule has 0 saturated carbocycles. The van der Waals surface area contributed by atoms with Crippen LogP contribution in [0.2, 0.25) is 0 Å². The van der Waals surface area contributed by atoms with Crippen molar-refractivity contribution in [3.8, 4) is 12.1 Å². The van der Waals surface area contributed by atoms with Crippen LogP contribution in [-0.4, -0.2) is 5.71 Å². The Morgan fingerprint density at radius 2 is 1.69 bits per heavy atom. The molecule has 0 unspecified atom stereocenters. The lowest BCUT2D eigenvalue weighted by atomic mass is 10.2. The van der Waals surface area contributed by atoms with Gasteiger partial charge in [0.25, 0.3) is 0 Å². The van der Waals surface area contributed by atoms with Gasteiger partial charge in [0.05, 0.1) is 5.69 Å². The van der Waals surface area contributed by atoms with Crippen LogP contribution in [0.1, 0.15) is 5.56 Å². The van der Waals surface area contributed by atoms with Gasteiger partial charge in [0.15, 0.2) is 0 Å². The van der Waals surface area contributed by atoms with Crippen molar-refractivity contribution in [2.24, 2.45) is 4.99 Å². The summed E-state index contributed by atoms with van der Waals surface area (Å²) >= 11 is 0. The van der Waals surface area contributed by atoms with E-state index in [1.165, 1.54) is 0 Å². The minimum absolute atomic E-state index is 0.121. The fourth-order valence-corrected chi connectivity index (χ4v) is 0.823. The monoisotopic (exact) mass is 169 g/mol. The highest BCUT2D eigenvalue weighted by molar-refractivity contribution is 6.11. The van der Waals surface area contributed by atoms with Crippen molar-refractivity contribution in [3.05, 3.63) is 29.8 Å². The van der Waals surface area contributed by atoms with Gasteiger partial charge in [0.1, 0.15) is 12.1 Å². The van der Waals surface area contributed by atoms with Crippen LogP contribution in [0.3, 0.4) is 0 Å². The average Bonchev–Trinajstić information content (AvgIpc) is 2.17. The zero-order chi connectivity index (χ0) is 9.68. The molecule has 3 heteroatoms. The number of hydrogen-bond donors (Lipinski definition) is 0. The standard InChI is InChI=1S/C10H7N3/c1-8-2-4-9(5-3-8)13-10(6-11)7-12/h2-5H,1H3. The molecule has 13 heavy (non-hydrogen) atoms. The van der Waals surface area contributed by atoms with E-state index in [2.05, 4.69) is 4.99 Å². The first-order valence-corrected chi connectivity index (χ1v) is 3.72. The van der Waals surface area contributed by atoms with Gasteiger partial charge in [-0.05, 0) is 19.1 Å². The molecule has 0 saturated heterocycles. The lowest BCUT2D eigenvalue weighted by Gasteiger charge is -1.92. The predicted molar refractivity (Wildman–Crippen MR) is 49.5 cm³/mol. The van der Waals surface area contributed by atoms with Crippen molar-refractivity contribution in [1.29, 1.82) is 10.5 Å². The molecule has 0 aliphatic rings. The van der Waals surface area contributed by atoms with E-state index in [1.54, 1.807) is 24.3 Å². The first-order valence-electron chi connectivity index (χ1n) is 3.72. The molecule has 0 spiro atoms. The normalized spacial score (nSPS) is 8.23. The largest absolute Gasteiger partial charge is 0.227 e. The lowest BCUT2D eigenvalue weighted by Crippen LogP contribution is -1.85. The molecule has 0 aromatic heterocycles. The highest BCUT2D eigenvalue weighted by atomic mass is 14.7. The summed E-state index contributed by atoms with van der Waals surface area (Å²) in [4.78, 5) is 3.83. The van der Waals surface area contributed by atoms with E-state index in [0.717, 1.165) is 5.56 Å². The maximum absolute atomic E-state index is 8.44. The van der Waals surface area contributed by atoms with Crippen LogP contribution in [0, 0.1) is 29.6 Å². The highest BCUT2D eigenvalue weighted by Crippen LogP contribution is 2.12. The summed E-state index contributed by atoms with van der Waals surface area (Å²) in [5.41, 5.74) is 1.63. The third kappa shape index (κ3) is 2.43. The third-order valence-corrected chi connectivity index (χ3v) is 1.49. The smallest absolute Gasteiger partial charge is 0.218 e. The van der Waals surface area contributed by atoms with Crippen molar-refractivity contribution in [3.63, 3.8) is 0 Å². The predicted octanol–water partition coefficient (Wildman–Crippen LogP) is 2.11. The summed E-state index contributed by atoms with van der Waals surface area (Å²) in [5.74, 6) is 0. The molecular weight excluding hydrogens is 162 g/mol. The van der Waals surface area contributed by atoms with Crippen molar-refractivity contribution in [2.75, 3.05) is 0 Å². The second-order valence-corrected chi connectivity index (χ2v) is 2.52. The minimum atomic E-state index is -0.121. The minimum Gasteiger partial charge on any atom is -0.227 e. The molecule has 1 aromatic rings. The second kappa shape index (κ2) is 4.04. The molecule has 0 N–H and O–H groups in total. The number of hydrogen-bond acceptors (Lipinski definition) is 3. The van der Waals surface area contributed by atoms with Crippen LogP contribution in [0.4, 0.5) is 5.69 Å². The maximum Gasteiger partial charge on any atom is 0.218 e.